The molecule has 1 fully saturated rings. The highest BCUT2D eigenvalue weighted by molar-refractivity contribution is 7.89. The van der Waals surface area contributed by atoms with Gasteiger partial charge in [0.2, 0.25) is 10.0 Å². The van der Waals surface area contributed by atoms with E-state index in [1.165, 1.54) is 22.5 Å². The highest BCUT2D eigenvalue weighted by Crippen LogP contribution is 2.35. The van der Waals surface area contributed by atoms with Crippen molar-refractivity contribution in [1.29, 1.82) is 0 Å². The van der Waals surface area contributed by atoms with Gasteiger partial charge >= 0.3 is 0 Å². The quantitative estimate of drug-likeness (QED) is 0.777. The van der Waals surface area contributed by atoms with E-state index in [0.29, 0.717) is 48.9 Å². The average molecular weight is 449 g/mol. The summed E-state index contributed by atoms with van der Waals surface area (Å²) in [5.41, 5.74) is 1.61. The van der Waals surface area contributed by atoms with Crippen molar-refractivity contribution in [1.82, 2.24) is 19.2 Å². The van der Waals surface area contributed by atoms with Crippen molar-refractivity contribution in [2.45, 2.75) is 70.0 Å². The molecule has 0 saturated carbocycles. The number of rotatable bonds is 4. The van der Waals surface area contributed by atoms with Gasteiger partial charge in [-0.25, -0.2) is 17.8 Å². The molecule has 0 spiro atoms. The fraction of sp³-hybridized carbons (Fsp3) is 0.545. The van der Waals surface area contributed by atoms with Gasteiger partial charge in [-0.2, -0.15) is 4.31 Å². The van der Waals surface area contributed by atoms with Gasteiger partial charge in [-0.1, -0.05) is 6.42 Å². The summed E-state index contributed by atoms with van der Waals surface area (Å²) < 4.78 is 41.9. The monoisotopic (exact) mass is 448 g/mol. The summed E-state index contributed by atoms with van der Waals surface area (Å²) in [5, 5.41) is 0. The van der Waals surface area contributed by atoms with Crippen LogP contribution in [-0.2, 0) is 23.0 Å². The van der Waals surface area contributed by atoms with Crippen molar-refractivity contribution in [3.05, 3.63) is 57.0 Å². The zero-order chi connectivity index (χ0) is 22.3. The van der Waals surface area contributed by atoms with Crippen LogP contribution in [0.3, 0.4) is 0 Å². The largest absolute Gasteiger partial charge is 0.309 e. The van der Waals surface area contributed by atoms with E-state index in [-0.39, 0.29) is 10.5 Å². The highest BCUT2D eigenvalue weighted by Gasteiger charge is 2.37. The van der Waals surface area contributed by atoms with Gasteiger partial charge in [0.15, 0.2) is 0 Å². The minimum atomic E-state index is -3.86. The molecule has 31 heavy (non-hydrogen) atoms. The molecule has 2 aromatic rings. The smallest absolute Gasteiger partial charge is 0.255 e. The number of piperidine rings is 1. The summed E-state index contributed by atoms with van der Waals surface area (Å²) in [4.78, 5) is 22.8. The third-order valence-corrected chi connectivity index (χ3v) is 8.41. The Morgan fingerprint density at radius 3 is 2.71 bits per heavy atom. The molecule has 3 heterocycles. The molecule has 168 valence electrons. The molecule has 1 N–H and O–H groups in total. The minimum absolute atomic E-state index is 0.0914. The zero-order valence-electron chi connectivity index (χ0n) is 18.2. The first-order valence-electron chi connectivity index (χ1n) is 10.8. The van der Waals surface area contributed by atoms with E-state index in [1.54, 1.807) is 6.92 Å². The van der Waals surface area contributed by atoms with Gasteiger partial charge in [0.1, 0.15) is 11.6 Å². The number of sulfonamides is 1. The van der Waals surface area contributed by atoms with E-state index in [0.717, 1.165) is 25.1 Å². The van der Waals surface area contributed by atoms with E-state index in [1.807, 2.05) is 0 Å². The van der Waals surface area contributed by atoms with Crippen LogP contribution in [0.4, 0.5) is 4.39 Å². The maximum atomic E-state index is 13.5. The lowest BCUT2D eigenvalue weighted by molar-refractivity contribution is 0.198. The van der Waals surface area contributed by atoms with Gasteiger partial charge in [-0.3, -0.25) is 9.69 Å². The summed E-state index contributed by atoms with van der Waals surface area (Å²) in [6, 6.07) is 3.51. The molecule has 7 nitrogen and oxygen atoms in total. The first-order valence-corrected chi connectivity index (χ1v) is 12.3. The molecule has 1 aromatic heterocycles. The summed E-state index contributed by atoms with van der Waals surface area (Å²) in [5.74, 6) is -0.0624. The standard InChI is InChI=1S/C22H29FN4O3S/c1-14(2)26-11-9-18-17(13-26)22(28)25-21(24-18)19-6-4-5-10-27(19)31(29,30)20-8-7-16(23)12-15(20)3/h7-8,12,14,19H,4-6,9-11,13H2,1-3H3,(H,24,25,28)/t19-/m1/s1. The number of nitrogens with zero attached hydrogens (tertiary/aromatic N) is 3. The van der Waals surface area contributed by atoms with Crippen molar-refractivity contribution in [3.63, 3.8) is 0 Å². The number of H-pyrrole nitrogens is 1. The Morgan fingerprint density at radius 1 is 1.23 bits per heavy atom. The number of nitrogens with one attached hydrogen (secondary N) is 1. The molecule has 1 saturated heterocycles. The lowest BCUT2D eigenvalue weighted by atomic mass is 10.0. The second kappa shape index (κ2) is 8.44. The molecule has 1 aromatic carbocycles. The molecule has 1 atom stereocenters. The average Bonchev–Trinajstić information content (AvgIpc) is 2.73. The van der Waals surface area contributed by atoms with Crippen LogP contribution in [0.15, 0.2) is 27.9 Å². The molecule has 4 rings (SSSR count). The van der Waals surface area contributed by atoms with E-state index in [9.17, 15) is 17.6 Å². The molecule has 9 heteroatoms. The van der Waals surface area contributed by atoms with E-state index < -0.39 is 21.9 Å². The van der Waals surface area contributed by atoms with Crippen LogP contribution in [0.25, 0.3) is 0 Å². The maximum absolute atomic E-state index is 13.5. The number of benzene rings is 1. The lowest BCUT2D eigenvalue weighted by Gasteiger charge is -2.35. The van der Waals surface area contributed by atoms with Gasteiger partial charge < -0.3 is 4.98 Å². The van der Waals surface area contributed by atoms with Crippen LogP contribution in [0.2, 0.25) is 0 Å². The summed E-state index contributed by atoms with van der Waals surface area (Å²) in [6.45, 7) is 7.51. The fourth-order valence-electron chi connectivity index (χ4n) is 4.56. The van der Waals surface area contributed by atoms with Crippen LogP contribution in [-0.4, -0.2) is 46.7 Å². The van der Waals surface area contributed by atoms with Crippen molar-refractivity contribution in [2.24, 2.45) is 0 Å². The first-order chi connectivity index (χ1) is 14.7. The van der Waals surface area contributed by atoms with Gasteiger partial charge in [0.05, 0.1) is 22.2 Å². The summed E-state index contributed by atoms with van der Waals surface area (Å²) >= 11 is 0. The topological polar surface area (TPSA) is 86.4 Å². The maximum Gasteiger partial charge on any atom is 0.255 e. The Balaban J connectivity index is 1.72. The normalized spacial score (nSPS) is 20.7. The second-order valence-corrected chi connectivity index (χ2v) is 10.6. The van der Waals surface area contributed by atoms with Gasteiger partial charge in [0.25, 0.3) is 5.56 Å². The third kappa shape index (κ3) is 4.18. The number of aromatic amines is 1. The molecule has 0 radical (unpaired) electrons. The SMILES string of the molecule is Cc1cc(F)ccc1S(=O)(=O)N1CCCC[C@@H]1c1nc2c(c(=O)[nH]1)CN(C(C)C)CC2. The molecule has 0 bridgehead atoms. The molecular weight excluding hydrogens is 419 g/mol. The Bertz CT molecular complexity index is 1150. The predicted molar refractivity (Wildman–Crippen MR) is 116 cm³/mol. The first kappa shape index (κ1) is 22.1. The van der Waals surface area contributed by atoms with E-state index >= 15 is 0 Å². The minimum Gasteiger partial charge on any atom is -0.309 e. The zero-order valence-corrected chi connectivity index (χ0v) is 19.0. The second-order valence-electron chi connectivity index (χ2n) is 8.73. The van der Waals surface area contributed by atoms with E-state index in [2.05, 4.69) is 23.7 Å². The van der Waals surface area contributed by atoms with Gasteiger partial charge in [-0.15, -0.1) is 0 Å². The van der Waals surface area contributed by atoms with Crippen LogP contribution in [0, 0.1) is 12.7 Å². The Morgan fingerprint density at radius 2 is 2.00 bits per heavy atom. The van der Waals surface area contributed by atoms with E-state index in [4.69, 9.17) is 4.98 Å². The fourth-order valence-corrected chi connectivity index (χ4v) is 6.43. The van der Waals surface area contributed by atoms with Crippen LogP contribution < -0.4 is 5.56 Å². The van der Waals surface area contributed by atoms with Crippen LogP contribution >= 0.6 is 0 Å². The number of aryl methyl sites for hydroxylation is 1. The molecule has 0 aliphatic carbocycles. The third-order valence-electron chi connectivity index (χ3n) is 6.34. The summed E-state index contributed by atoms with van der Waals surface area (Å²) in [7, 11) is -3.86. The predicted octanol–water partition coefficient (Wildman–Crippen LogP) is 2.90. The van der Waals surface area contributed by atoms with Crippen molar-refractivity contribution >= 4 is 10.0 Å². The van der Waals surface area contributed by atoms with Crippen LogP contribution in [0.1, 0.15) is 61.8 Å². The molecular formula is C22H29FN4O3S. The summed E-state index contributed by atoms with van der Waals surface area (Å²) in [6.07, 6.45) is 2.83. The Hall–Kier alpha value is -2.10. The molecule has 2 aliphatic heterocycles. The van der Waals surface area contributed by atoms with Crippen molar-refractivity contribution in [3.8, 4) is 0 Å². The number of hydrogen-bond donors (Lipinski definition) is 1. The van der Waals surface area contributed by atoms with Crippen LogP contribution in [0.5, 0.6) is 0 Å². The van der Waals surface area contributed by atoms with Gasteiger partial charge in [-0.05, 0) is 57.4 Å². The lowest BCUT2D eigenvalue weighted by Crippen LogP contribution is -2.42. The molecule has 0 amide bonds. The Labute approximate surface area is 182 Å². The number of aromatic nitrogens is 2. The highest BCUT2D eigenvalue weighted by atomic mass is 32.2. The number of fused-ring (bicyclic) bond motifs is 1. The molecule has 2 aliphatic rings. The number of halogens is 1. The molecule has 0 unspecified atom stereocenters. The van der Waals surface area contributed by atoms with Crippen molar-refractivity contribution in [2.75, 3.05) is 13.1 Å². The van der Waals surface area contributed by atoms with Gasteiger partial charge in [0, 0.05) is 32.1 Å². The Kier molecular flexibility index (Phi) is 6.02. The van der Waals surface area contributed by atoms with Crippen molar-refractivity contribution < 1.29 is 12.8 Å². The number of hydrogen-bond acceptors (Lipinski definition) is 5.